The monoisotopic (exact) mass is 412 g/mol. The van der Waals surface area contributed by atoms with Crippen LogP contribution in [-0.2, 0) is 23.1 Å². The highest BCUT2D eigenvalue weighted by Crippen LogP contribution is 2.33. The van der Waals surface area contributed by atoms with Crippen LogP contribution in [0.5, 0.6) is 0 Å². The third kappa shape index (κ3) is 4.01. The molecule has 7 nitrogen and oxygen atoms in total. The van der Waals surface area contributed by atoms with Crippen LogP contribution in [0, 0.1) is 0 Å². The van der Waals surface area contributed by atoms with Crippen LogP contribution in [0.15, 0.2) is 81.9 Å². The Kier molecular flexibility index (Phi) is 5.29. The predicted octanol–water partition coefficient (Wildman–Crippen LogP) is 3.58. The summed E-state index contributed by atoms with van der Waals surface area (Å²) in [4.78, 5) is 9.23. The number of aromatic nitrogens is 3. The first-order valence-corrected chi connectivity index (χ1v) is 10.7. The molecule has 0 saturated carbocycles. The van der Waals surface area contributed by atoms with Gasteiger partial charge in [0.2, 0.25) is 0 Å². The third-order valence-electron chi connectivity index (χ3n) is 3.99. The van der Waals surface area contributed by atoms with Gasteiger partial charge in [-0.2, -0.15) is 4.31 Å². The van der Waals surface area contributed by atoms with E-state index in [4.69, 9.17) is 4.52 Å². The Labute approximate surface area is 166 Å². The summed E-state index contributed by atoms with van der Waals surface area (Å²) in [6.07, 6.45) is 4.82. The van der Waals surface area contributed by atoms with Crippen molar-refractivity contribution in [1.29, 1.82) is 0 Å². The number of nitrogens with zero attached hydrogens (tertiary/aromatic N) is 4. The van der Waals surface area contributed by atoms with Crippen LogP contribution < -0.4 is 0 Å². The lowest BCUT2D eigenvalue weighted by molar-refractivity contribution is 0.394. The second-order valence-electron chi connectivity index (χ2n) is 5.91. The molecule has 0 atom stereocenters. The molecule has 0 aromatic carbocycles. The highest BCUT2D eigenvalue weighted by Gasteiger charge is 2.28. The number of pyridine rings is 2. The molecule has 0 aliphatic carbocycles. The van der Waals surface area contributed by atoms with Crippen molar-refractivity contribution in [2.45, 2.75) is 17.3 Å². The maximum atomic E-state index is 13.4. The molecule has 28 heavy (non-hydrogen) atoms. The van der Waals surface area contributed by atoms with Crippen LogP contribution in [-0.4, -0.2) is 27.8 Å². The lowest BCUT2D eigenvalue weighted by Gasteiger charge is -2.20. The summed E-state index contributed by atoms with van der Waals surface area (Å²) >= 11 is 1.14. The first kappa shape index (κ1) is 18.5. The van der Waals surface area contributed by atoms with Crippen LogP contribution in [0.25, 0.3) is 10.6 Å². The molecule has 0 aliphatic heterocycles. The first-order chi connectivity index (χ1) is 13.6. The second-order valence-corrected chi connectivity index (χ2v) is 9.16. The molecule has 4 heterocycles. The first-order valence-electron chi connectivity index (χ1n) is 8.44. The molecule has 142 valence electrons. The summed E-state index contributed by atoms with van der Waals surface area (Å²) in [7, 11) is -3.76. The molecule has 0 aliphatic rings. The van der Waals surface area contributed by atoms with Crippen molar-refractivity contribution in [3.05, 3.63) is 84.6 Å². The summed E-state index contributed by atoms with van der Waals surface area (Å²) in [5, 5.41) is 3.67. The van der Waals surface area contributed by atoms with Gasteiger partial charge in [0.25, 0.3) is 10.0 Å². The molecule has 4 aromatic rings. The van der Waals surface area contributed by atoms with Gasteiger partial charge in [0.1, 0.15) is 4.21 Å². The molecule has 4 aromatic heterocycles. The summed E-state index contributed by atoms with van der Waals surface area (Å²) in [6, 6.07) is 15.9. The van der Waals surface area contributed by atoms with Gasteiger partial charge in [-0.1, -0.05) is 17.3 Å². The lowest BCUT2D eigenvalue weighted by atomic mass is 10.3. The maximum absolute atomic E-state index is 13.4. The summed E-state index contributed by atoms with van der Waals surface area (Å²) < 4.78 is 33.5. The number of rotatable bonds is 7. The second kappa shape index (κ2) is 8.01. The molecule has 0 saturated heterocycles. The summed E-state index contributed by atoms with van der Waals surface area (Å²) in [5.74, 6) is 0.535. The molecule has 0 amide bonds. The number of hydrogen-bond donors (Lipinski definition) is 0. The van der Waals surface area contributed by atoms with Gasteiger partial charge < -0.3 is 4.52 Å². The Morgan fingerprint density at radius 3 is 2.07 bits per heavy atom. The van der Waals surface area contributed by atoms with Crippen molar-refractivity contribution in [2.24, 2.45) is 0 Å². The molecule has 0 unspecified atom stereocenters. The van der Waals surface area contributed by atoms with Gasteiger partial charge in [-0.05, 0) is 36.4 Å². The predicted molar refractivity (Wildman–Crippen MR) is 105 cm³/mol. The Hall–Kier alpha value is -2.88. The molecule has 0 spiro atoms. The SMILES string of the molecule is O=S(=O)(c1ccc(-c2ccno2)s1)N(Cc1ccccn1)Cc1ccccn1. The molecule has 0 bridgehead atoms. The zero-order chi connectivity index (χ0) is 19.4. The third-order valence-corrected chi connectivity index (χ3v) is 7.34. The van der Waals surface area contributed by atoms with E-state index in [1.807, 2.05) is 12.1 Å². The van der Waals surface area contributed by atoms with Crippen molar-refractivity contribution in [1.82, 2.24) is 19.4 Å². The van der Waals surface area contributed by atoms with E-state index in [0.29, 0.717) is 22.0 Å². The van der Waals surface area contributed by atoms with Crippen LogP contribution in [0.3, 0.4) is 0 Å². The molecular formula is C19H16N4O3S2. The number of hydrogen-bond acceptors (Lipinski definition) is 7. The minimum absolute atomic E-state index is 0.148. The van der Waals surface area contributed by atoms with Gasteiger partial charge in [0, 0.05) is 18.5 Å². The average molecular weight is 412 g/mol. The molecule has 0 fully saturated rings. The molecular weight excluding hydrogens is 396 g/mol. The summed E-state index contributed by atoms with van der Waals surface area (Å²) in [5.41, 5.74) is 1.32. The van der Waals surface area contributed by atoms with Crippen LogP contribution in [0.1, 0.15) is 11.4 Å². The highest BCUT2D eigenvalue weighted by molar-refractivity contribution is 7.91. The van der Waals surface area contributed by atoms with Gasteiger partial charge in [-0.15, -0.1) is 11.3 Å². The van der Waals surface area contributed by atoms with Gasteiger partial charge >= 0.3 is 0 Å². The van der Waals surface area contributed by atoms with Crippen molar-refractivity contribution in [3.8, 4) is 10.6 Å². The fourth-order valence-electron chi connectivity index (χ4n) is 2.63. The van der Waals surface area contributed by atoms with Crippen LogP contribution in [0.2, 0.25) is 0 Å². The van der Waals surface area contributed by atoms with Gasteiger partial charge in [-0.3, -0.25) is 9.97 Å². The summed E-state index contributed by atoms with van der Waals surface area (Å²) in [6.45, 7) is 0.296. The van der Waals surface area contributed by atoms with E-state index in [-0.39, 0.29) is 17.3 Å². The van der Waals surface area contributed by atoms with E-state index < -0.39 is 10.0 Å². The van der Waals surface area contributed by atoms with E-state index in [1.54, 1.807) is 54.9 Å². The minimum atomic E-state index is -3.76. The van der Waals surface area contributed by atoms with Crippen molar-refractivity contribution >= 4 is 21.4 Å². The normalized spacial score (nSPS) is 11.8. The van der Waals surface area contributed by atoms with E-state index in [0.717, 1.165) is 11.3 Å². The zero-order valence-electron chi connectivity index (χ0n) is 14.7. The fourth-order valence-corrected chi connectivity index (χ4v) is 5.43. The van der Waals surface area contributed by atoms with Crippen LogP contribution in [0.4, 0.5) is 0 Å². The molecule has 9 heteroatoms. The highest BCUT2D eigenvalue weighted by atomic mass is 32.2. The average Bonchev–Trinajstić information content (AvgIpc) is 3.41. The Morgan fingerprint density at radius 2 is 1.54 bits per heavy atom. The van der Waals surface area contributed by atoms with Crippen molar-refractivity contribution < 1.29 is 12.9 Å². The van der Waals surface area contributed by atoms with E-state index in [1.165, 1.54) is 10.5 Å². The van der Waals surface area contributed by atoms with Gasteiger partial charge in [0.05, 0.1) is 35.6 Å². The Morgan fingerprint density at radius 1 is 0.857 bits per heavy atom. The van der Waals surface area contributed by atoms with E-state index >= 15 is 0 Å². The Balaban J connectivity index is 1.67. The fraction of sp³-hybridized carbons (Fsp3) is 0.105. The molecule has 0 N–H and O–H groups in total. The smallest absolute Gasteiger partial charge is 0.253 e. The van der Waals surface area contributed by atoms with E-state index in [2.05, 4.69) is 15.1 Å². The Bertz CT molecular complexity index is 1090. The van der Waals surface area contributed by atoms with E-state index in [9.17, 15) is 8.42 Å². The topological polar surface area (TPSA) is 89.2 Å². The lowest BCUT2D eigenvalue weighted by Crippen LogP contribution is -2.30. The van der Waals surface area contributed by atoms with Gasteiger partial charge in [-0.25, -0.2) is 8.42 Å². The zero-order valence-corrected chi connectivity index (χ0v) is 16.3. The standard InChI is InChI=1S/C19H16N4O3S2/c24-28(25,19-8-7-18(27-19)17-9-12-22-26-17)23(13-15-5-1-3-10-20-15)14-16-6-2-4-11-21-16/h1-12H,13-14H2. The minimum Gasteiger partial charge on any atom is -0.355 e. The quantitative estimate of drug-likeness (QED) is 0.461. The van der Waals surface area contributed by atoms with Crippen LogP contribution >= 0.6 is 11.3 Å². The largest absolute Gasteiger partial charge is 0.355 e. The molecule has 0 radical (unpaired) electrons. The number of thiophene rings is 1. The maximum Gasteiger partial charge on any atom is 0.253 e. The van der Waals surface area contributed by atoms with Crippen molar-refractivity contribution in [3.63, 3.8) is 0 Å². The van der Waals surface area contributed by atoms with Crippen molar-refractivity contribution in [2.75, 3.05) is 0 Å². The van der Waals surface area contributed by atoms with Gasteiger partial charge in [0.15, 0.2) is 5.76 Å². The molecule has 4 rings (SSSR count). The number of sulfonamides is 1.